The van der Waals surface area contributed by atoms with E-state index in [1.807, 2.05) is 0 Å². The lowest BCUT2D eigenvalue weighted by Gasteiger charge is -2.28. The first kappa shape index (κ1) is 19.5. The molecule has 1 saturated carbocycles. The smallest absolute Gasteiger partial charge is 0.416 e. The zero-order chi connectivity index (χ0) is 19.5. The Morgan fingerprint density at radius 1 is 1.19 bits per heavy atom. The van der Waals surface area contributed by atoms with E-state index in [9.17, 15) is 32.9 Å². The third-order valence-electron chi connectivity index (χ3n) is 4.01. The third-order valence-corrected chi connectivity index (χ3v) is 4.01. The van der Waals surface area contributed by atoms with Crippen LogP contribution < -0.4 is 11.1 Å². The Bertz CT molecular complexity index is 715. The molecule has 1 aliphatic carbocycles. The number of primary amides is 1. The summed E-state index contributed by atoms with van der Waals surface area (Å²) in [6, 6.07) is 1.41. The van der Waals surface area contributed by atoms with Gasteiger partial charge in [0.05, 0.1) is 10.5 Å². The van der Waals surface area contributed by atoms with Gasteiger partial charge in [-0.15, -0.1) is 0 Å². The quantitative estimate of drug-likeness (QED) is 0.618. The molecule has 142 valence electrons. The van der Waals surface area contributed by atoms with Crippen LogP contribution in [0.1, 0.15) is 41.6 Å². The Labute approximate surface area is 145 Å². The van der Waals surface area contributed by atoms with Crippen LogP contribution in [0.5, 0.6) is 0 Å². The van der Waals surface area contributed by atoms with Crippen LogP contribution >= 0.6 is 0 Å². The number of alkyl halides is 3. The van der Waals surface area contributed by atoms with Crippen LogP contribution in [0.15, 0.2) is 18.2 Å². The lowest BCUT2D eigenvalue weighted by molar-refractivity contribution is -0.385. The van der Waals surface area contributed by atoms with Crippen molar-refractivity contribution < 1.29 is 32.4 Å². The second-order valence-corrected chi connectivity index (χ2v) is 5.91. The number of rotatable bonds is 4. The molecule has 1 aromatic rings. The highest BCUT2D eigenvalue weighted by Gasteiger charge is 2.34. The minimum Gasteiger partial charge on any atom is -0.446 e. The molecule has 0 aliphatic heterocycles. The number of amides is 2. The van der Waals surface area contributed by atoms with Crippen molar-refractivity contribution in [3.05, 3.63) is 39.4 Å². The molecule has 1 aromatic carbocycles. The second kappa shape index (κ2) is 7.58. The number of nitrogens with two attached hydrogens (primary N) is 1. The van der Waals surface area contributed by atoms with E-state index in [0.717, 1.165) is 6.07 Å². The van der Waals surface area contributed by atoms with Crippen LogP contribution in [-0.4, -0.2) is 29.1 Å². The van der Waals surface area contributed by atoms with Crippen LogP contribution in [0.4, 0.5) is 23.7 Å². The van der Waals surface area contributed by atoms with Gasteiger partial charge in [-0.05, 0) is 31.7 Å². The number of hydrogen-bond donors (Lipinski definition) is 2. The minimum absolute atomic E-state index is 0.344. The van der Waals surface area contributed by atoms with Crippen molar-refractivity contribution in [2.75, 3.05) is 0 Å². The number of halogens is 3. The van der Waals surface area contributed by atoms with Gasteiger partial charge >= 0.3 is 12.3 Å². The molecule has 0 unspecified atom stereocenters. The molecule has 0 aromatic heterocycles. The molecule has 11 heteroatoms. The summed E-state index contributed by atoms with van der Waals surface area (Å²) in [6.07, 6.45) is -4.32. The molecular weight excluding hydrogens is 359 g/mol. The van der Waals surface area contributed by atoms with E-state index >= 15 is 0 Å². The zero-order valence-corrected chi connectivity index (χ0v) is 13.4. The van der Waals surface area contributed by atoms with Gasteiger partial charge in [0.15, 0.2) is 0 Å². The maximum atomic E-state index is 12.9. The maximum absolute atomic E-state index is 12.9. The van der Waals surface area contributed by atoms with Gasteiger partial charge < -0.3 is 15.8 Å². The van der Waals surface area contributed by atoms with Gasteiger partial charge in [-0.1, -0.05) is 0 Å². The molecule has 1 fully saturated rings. The molecule has 0 atom stereocenters. The van der Waals surface area contributed by atoms with Gasteiger partial charge in [0.2, 0.25) is 0 Å². The molecule has 1 aliphatic rings. The number of carbonyl (C=O) groups excluding carboxylic acids is 2. The SMILES string of the molecule is NC(=O)O[C@H]1CC[C@@H](NC(=O)c2cc([N+](=O)[O-])cc(C(F)(F)F)c2)CC1. The summed E-state index contributed by atoms with van der Waals surface area (Å²) in [4.78, 5) is 32.8. The Morgan fingerprint density at radius 3 is 2.31 bits per heavy atom. The van der Waals surface area contributed by atoms with Crippen molar-refractivity contribution in [2.24, 2.45) is 5.73 Å². The van der Waals surface area contributed by atoms with Gasteiger partial charge in [0.25, 0.3) is 11.6 Å². The molecule has 26 heavy (non-hydrogen) atoms. The number of benzene rings is 1. The number of nitro groups is 1. The van der Waals surface area contributed by atoms with Crippen LogP contribution in [0.3, 0.4) is 0 Å². The predicted octanol–water partition coefficient (Wildman–Crippen LogP) is 2.75. The monoisotopic (exact) mass is 375 g/mol. The van der Waals surface area contributed by atoms with E-state index in [4.69, 9.17) is 10.5 Å². The molecule has 2 amide bonds. The van der Waals surface area contributed by atoms with Crippen molar-refractivity contribution >= 4 is 17.7 Å². The number of hydrogen-bond acceptors (Lipinski definition) is 5. The van der Waals surface area contributed by atoms with Gasteiger partial charge in [-0.25, -0.2) is 4.79 Å². The molecular formula is C15H16F3N3O5. The Morgan fingerprint density at radius 2 is 1.81 bits per heavy atom. The molecule has 0 saturated heterocycles. The zero-order valence-electron chi connectivity index (χ0n) is 13.4. The van der Waals surface area contributed by atoms with Crippen LogP contribution in [0.25, 0.3) is 0 Å². The average Bonchev–Trinajstić information content (AvgIpc) is 2.55. The number of ether oxygens (including phenoxy) is 1. The molecule has 8 nitrogen and oxygen atoms in total. The highest BCUT2D eigenvalue weighted by Crippen LogP contribution is 2.32. The first-order chi connectivity index (χ1) is 12.1. The van der Waals surface area contributed by atoms with Crippen molar-refractivity contribution in [3.8, 4) is 0 Å². The van der Waals surface area contributed by atoms with E-state index in [2.05, 4.69) is 5.32 Å². The lowest BCUT2D eigenvalue weighted by Crippen LogP contribution is -2.40. The highest BCUT2D eigenvalue weighted by atomic mass is 19.4. The normalized spacial score (nSPS) is 20.3. The average molecular weight is 375 g/mol. The van der Waals surface area contributed by atoms with E-state index in [1.54, 1.807) is 0 Å². The third kappa shape index (κ3) is 5.07. The topological polar surface area (TPSA) is 125 Å². The number of nitrogens with one attached hydrogen (secondary N) is 1. The summed E-state index contributed by atoms with van der Waals surface area (Å²) >= 11 is 0. The van der Waals surface area contributed by atoms with Crippen molar-refractivity contribution in [3.63, 3.8) is 0 Å². The molecule has 0 bridgehead atoms. The van der Waals surface area contributed by atoms with E-state index in [1.165, 1.54) is 0 Å². The molecule has 2 rings (SSSR count). The maximum Gasteiger partial charge on any atom is 0.416 e. The van der Waals surface area contributed by atoms with Crippen LogP contribution in [0, 0.1) is 10.1 Å². The Kier molecular flexibility index (Phi) is 5.68. The Hall–Kier alpha value is -2.85. The molecule has 0 spiro atoms. The standard InChI is InChI=1S/C15H16F3N3O5/c16-15(17,18)9-5-8(6-11(7-9)21(24)25)13(22)20-10-1-3-12(4-2-10)26-14(19)23/h5-7,10,12H,1-4H2,(H2,19,23)(H,20,22)/t10-,12+. The summed E-state index contributed by atoms with van der Waals surface area (Å²) in [5.74, 6) is -0.835. The van der Waals surface area contributed by atoms with Gasteiger partial charge in [0.1, 0.15) is 6.10 Å². The Balaban J connectivity index is 2.09. The molecule has 0 heterocycles. The minimum atomic E-state index is -4.81. The fourth-order valence-corrected chi connectivity index (χ4v) is 2.77. The van der Waals surface area contributed by atoms with Gasteiger partial charge in [0, 0.05) is 23.7 Å². The summed E-state index contributed by atoms with van der Waals surface area (Å²) in [6.45, 7) is 0. The van der Waals surface area contributed by atoms with Crippen LogP contribution in [-0.2, 0) is 10.9 Å². The summed E-state index contributed by atoms with van der Waals surface area (Å²) < 4.78 is 43.5. The lowest BCUT2D eigenvalue weighted by atomic mass is 9.92. The number of nitrogens with zero attached hydrogens (tertiary/aromatic N) is 1. The van der Waals surface area contributed by atoms with E-state index in [-0.39, 0.29) is 12.1 Å². The summed E-state index contributed by atoms with van der Waals surface area (Å²) in [5.41, 5.74) is 2.40. The molecule has 3 N–H and O–H groups in total. The van der Waals surface area contributed by atoms with Crippen molar-refractivity contribution in [1.29, 1.82) is 0 Å². The number of carbonyl (C=O) groups is 2. The van der Waals surface area contributed by atoms with Gasteiger partial charge in [-0.3, -0.25) is 14.9 Å². The summed E-state index contributed by atoms with van der Waals surface area (Å²) in [7, 11) is 0. The number of nitro benzene ring substituents is 1. The first-order valence-electron chi connectivity index (χ1n) is 7.70. The van der Waals surface area contributed by atoms with E-state index in [0.29, 0.717) is 37.8 Å². The van der Waals surface area contributed by atoms with Gasteiger partial charge in [-0.2, -0.15) is 13.2 Å². The van der Waals surface area contributed by atoms with E-state index < -0.39 is 39.9 Å². The fourth-order valence-electron chi connectivity index (χ4n) is 2.77. The fraction of sp³-hybridized carbons (Fsp3) is 0.467. The van der Waals surface area contributed by atoms with Crippen LogP contribution in [0.2, 0.25) is 0 Å². The summed E-state index contributed by atoms with van der Waals surface area (Å²) in [5, 5.41) is 13.4. The van der Waals surface area contributed by atoms with Crippen molar-refractivity contribution in [2.45, 2.75) is 44.0 Å². The highest BCUT2D eigenvalue weighted by molar-refractivity contribution is 5.95. The second-order valence-electron chi connectivity index (χ2n) is 5.91. The number of non-ortho nitro benzene ring substituents is 1. The largest absolute Gasteiger partial charge is 0.446 e. The molecule has 0 radical (unpaired) electrons. The predicted molar refractivity (Wildman–Crippen MR) is 82.3 cm³/mol. The first-order valence-corrected chi connectivity index (χ1v) is 7.70. The van der Waals surface area contributed by atoms with Crippen molar-refractivity contribution in [1.82, 2.24) is 5.32 Å².